The number of aliphatic hydroxyl groups excluding tert-OH is 1. The molecule has 0 aliphatic carbocycles. The van der Waals surface area contributed by atoms with E-state index in [9.17, 15) is 5.11 Å². The summed E-state index contributed by atoms with van der Waals surface area (Å²) < 4.78 is 11.2. The molecule has 0 aromatic heterocycles. The van der Waals surface area contributed by atoms with Gasteiger partial charge in [0.25, 0.3) is 0 Å². The highest BCUT2D eigenvalue weighted by molar-refractivity contribution is 6.32. The van der Waals surface area contributed by atoms with Crippen LogP contribution in [0, 0.1) is 0 Å². The molecule has 106 valence electrons. The third-order valence-corrected chi connectivity index (χ3v) is 3.69. The maximum atomic E-state index is 9.46. The summed E-state index contributed by atoms with van der Waals surface area (Å²) in [5, 5.41) is 10.0. The van der Waals surface area contributed by atoms with E-state index in [0.29, 0.717) is 23.5 Å². The fourth-order valence-electron chi connectivity index (χ4n) is 2.26. The van der Waals surface area contributed by atoms with Gasteiger partial charge in [-0.3, -0.25) is 0 Å². The number of aliphatic hydroxyl groups is 1. The predicted molar refractivity (Wildman–Crippen MR) is 75.8 cm³/mol. The Balaban J connectivity index is 1.76. The molecule has 1 fully saturated rings. The van der Waals surface area contributed by atoms with E-state index in [1.807, 2.05) is 12.1 Å². The summed E-state index contributed by atoms with van der Waals surface area (Å²) in [7, 11) is 0. The smallest absolute Gasteiger partial charge is 0.137 e. The summed E-state index contributed by atoms with van der Waals surface area (Å²) in [6, 6.07) is 5.41. The van der Waals surface area contributed by atoms with Crippen molar-refractivity contribution < 1.29 is 14.6 Å². The SMILES string of the molecule is CC(O)c1ccc(OCCCC2CCCO2)c(Cl)c1. The van der Waals surface area contributed by atoms with Gasteiger partial charge < -0.3 is 14.6 Å². The summed E-state index contributed by atoms with van der Waals surface area (Å²) in [6.45, 7) is 3.26. The molecule has 1 aromatic rings. The molecule has 1 heterocycles. The van der Waals surface area contributed by atoms with E-state index in [1.165, 1.54) is 12.8 Å². The molecule has 1 aliphatic rings. The molecular formula is C15H21ClO3. The molecule has 2 rings (SSSR count). The molecule has 4 heteroatoms. The van der Waals surface area contributed by atoms with Gasteiger partial charge >= 0.3 is 0 Å². The number of halogens is 1. The number of benzene rings is 1. The van der Waals surface area contributed by atoms with Crippen molar-refractivity contribution in [1.29, 1.82) is 0 Å². The Morgan fingerprint density at radius 3 is 3.00 bits per heavy atom. The molecule has 1 N–H and O–H groups in total. The number of ether oxygens (including phenoxy) is 2. The van der Waals surface area contributed by atoms with Crippen LogP contribution in [-0.2, 0) is 4.74 Å². The molecule has 1 aromatic carbocycles. The monoisotopic (exact) mass is 284 g/mol. The highest BCUT2D eigenvalue weighted by Crippen LogP contribution is 2.28. The lowest BCUT2D eigenvalue weighted by Gasteiger charge is -2.12. The van der Waals surface area contributed by atoms with E-state index in [0.717, 1.165) is 25.0 Å². The molecule has 2 atom stereocenters. The standard InChI is InChI=1S/C15H21ClO3/c1-11(17)12-6-7-15(14(16)10-12)19-9-3-5-13-4-2-8-18-13/h6-7,10-11,13,17H,2-5,8-9H2,1H3. The van der Waals surface area contributed by atoms with E-state index < -0.39 is 6.10 Å². The molecular weight excluding hydrogens is 264 g/mol. The van der Waals surface area contributed by atoms with E-state index in [2.05, 4.69) is 0 Å². The van der Waals surface area contributed by atoms with Gasteiger partial charge in [-0.2, -0.15) is 0 Å². The van der Waals surface area contributed by atoms with Crippen molar-refractivity contribution in [3.63, 3.8) is 0 Å². The number of hydrogen-bond donors (Lipinski definition) is 1. The van der Waals surface area contributed by atoms with Crippen LogP contribution in [0.15, 0.2) is 18.2 Å². The molecule has 2 unspecified atom stereocenters. The number of hydrogen-bond acceptors (Lipinski definition) is 3. The van der Waals surface area contributed by atoms with Gasteiger partial charge in [0, 0.05) is 6.61 Å². The quantitative estimate of drug-likeness (QED) is 0.809. The fourth-order valence-corrected chi connectivity index (χ4v) is 2.50. The van der Waals surface area contributed by atoms with Crippen LogP contribution >= 0.6 is 11.6 Å². The summed E-state index contributed by atoms with van der Waals surface area (Å²) in [6.07, 6.45) is 4.27. The third kappa shape index (κ3) is 4.37. The van der Waals surface area contributed by atoms with Crippen LogP contribution in [0.2, 0.25) is 5.02 Å². The Morgan fingerprint density at radius 1 is 1.53 bits per heavy atom. The van der Waals surface area contributed by atoms with Gasteiger partial charge in [0.2, 0.25) is 0 Å². The van der Waals surface area contributed by atoms with E-state index in [4.69, 9.17) is 21.1 Å². The Bertz CT molecular complexity index is 400. The van der Waals surface area contributed by atoms with Gasteiger partial charge in [-0.1, -0.05) is 17.7 Å². The first-order valence-corrected chi connectivity index (χ1v) is 7.26. The van der Waals surface area contributed by atoms with Crippen molar-refractivity contribution in [2.24, 2.45) is 0 Å². The van der Waals surface area contributed by atoms with Crippen molar-refractivity contribution in [3.05, 3.63) is 28.8 Å². The van der Waals surface area contributed by atoms with Crippen LogP contribution in [0.4, 0.5) is 0 Å². The molecule has 0 bridgehead atoms. The summed E-state index contributed by atoms with van der Waals surface area (Å²) in [4.78, 5) is 0. The third-order valence-electron chi connectivity index (χ3n) is 3.39. The van der Waals surface area contributed by atoms with Gasteiger partial charge in [-0.15, -0.1) is 0 Å². The Morgan fingerprint density at radius 2 is 2.37 bits per heavy atom. The minimum absolute atomic E-state index is 0.414. The zero-order chi connectivity index (χ0) is 13.7. The van der Waals surface area contributed by atoms with Gasteiger partial charge in [0.05, 0.1) is 23.8 Å². The van der Waals surface area contributed by atoms with Gasteiger partial charge in [0.15, 0.2) is 0 Å². The number of rotatable bonds is 6. The van der Waals surface area contributed by atoms with Crippen molar-refractivity contribution >= 4 is 11.6 Å². The van der Waals surface area contributed by atoms with Crippen molar-refractivity contribution in [3.8, 4) is 5.75 Å². The summed E-state index contributed by atoms with van der Waals surface area (Å²) >= 11 is 6.12. The predicted octanol–water partition coefficient (Wildman–Crippen LogP) is 3.73. The molecule has 1 aliphatic heterocycles. The molecule has 0 amide bonds. The normalized spacial score (nSPS) is 20.5. The van der Waals surface area contributed by atoms with Crippen molar-refractivity contribution in [2.45, 2.75) is 44.8 Å². The Labute approximate surface area is 119 Å². The van der Waals surface area contributed by atoms with Gasteiger partial charge in [-0.05, 0) is 50.3 Å². The van der Waals surface area contributed by atoms with Crippen molar-refractivity contribution in [1.82, 2.24) is 0 Å². The molecule has 19 heavy (non-hydrogen) atoms. The highest BCUT2D eigenvalue weighted by Gasteiger charge is 2.14. The minimum atomic E-state index is -0.508. The summed E-state index contributed by atoms with van der Waals surface area (Å²) in [5.41, 5.74) is 0.803. The maximum absolute atomic E-state index is 9.46. The van der Waals surface area contributed by atoms with E-state index in [-0.39, 0.29) is 0 Å². The second-order valence-electron chi connectivity index (χ2n) is 4.99. The van der Waals surface area contributed by atoms with Gasteiger partial charge in [0.1, 0.15) is 5.75 Å². The van der Waals surface area contributed by atoms with Crippen LogP contribution < -0.4 is 4.74 Å². The largest absolute Gasteiger partial charge is 0.492 e. The molecule has 1 saturated heterocycles. The van der Waals surface area contributed by atoms with Crippen LogP contribution in [-0.4, -0.2) is 24.4 Å². The average molecular weight is 285 g/mol. The van der Waals surface area contributed by atoms with Crippen molar-refractivity contribution in [2.75, 3.05) is 13.2 Å². The lowest BCUT2D eigenvalue weighted by molar-refractivity contribution is 0.0981. The van der Waals surface area contributed by atoms with Crippen LogP contribution in [0.25, 0.3) is 0 Å². The van der Waals surface area contributed by atoms with Crippen LogP contribution in [0.1, 0.15) is 44.3 Å². The van der Waals surface area contributed by atoms with Crippen LogP contribution in [0.5, 0.6) is 5.75 Å². The Kier molecular flexibility index (Phi) is 5.49. The van der Waals surface area contributed by atoms with E-state index in [1.54, 1.807) is 13.0 Å². The molecule has 3 nitrogen and oxygen atoms in total. The lowest BCUT2D eigenvalue weighted by atomic mass is 10.1. The molecule has 0 saturated carbocycles. The van der Waals surface area contributed by atoms with Crippen LogP contribution in [0.3, 0.4) is 0 Å². The zero-order valence-electron chi connectivity index (χ0n) is 11.3. The zero-order valence-corrected chi connectivity index (χ0v) is 12.0. The first kappa shape index (κ1) is 14.6. The molecule has 0 spiro atoms. The fraction of sp³-hybridized carbons (Fsp3) is 0.600. The maximum Gasteiger partial charge on any atom is 0.137 e. The van der Waals surface area contributed by atoms with Gasteiger partial charge in [-0.25, -0.2) is 0 Å². The Hall–Kier alpha value is -0.770. The molecule has 0 radical (unpaired) electrons. The minimum Gasteiger partial charge on any atom is -0.492 e. The average Bonchev–Trinajstić information content (AvgIpc) is 2.89. The lowest BCUT2D eigenvalue weighted by Crippen LogP contribution is -2.07. The summed E-state index contributed by atoms with van der Waals surface area (Å²) in [5.74, 6) is 0.679. The second-order valence-corrected chi connectivity index (χ2v) is 5.40. The first-order chi connectivity index (χ1) is 9.16. The second kappa shape index (κ2) is 7.13. The highest BCUT2D eigenvalue weighted by atomic mass is 35.5. The van der Waals surface area contributed by atoms with E-state index >= 15 is 0 Å². The first-order valence-electron chi connectivity index (χ1n) is 6.88. The topological polar surface area (TPSA) is 38.7 Å².